The van der Waals surface area contributed by atoms with Gasteiger partial charge in [0.25, 0.3) is 5.91 Å². The quantitative estimate of drug-likeness (QED) is 0.678. The van der Waals surface area contributed by atoms with Crippen LogP contribution in [0.1, 0.15) is 16.1 Å². The average Bonchev–Trinajstić information content (AvgIpc) is 2.54. The lowest BCUT2D eigenvalue weighted by Gasteiger charge is -2.21. The van der Waals surface area contributed by atoms with Crippen molar-refractivity contribution in [3.63, 3.8) is 0 Å². The van der Waals surface area contributed by atoms with Crippen molar-refractivity contribution in [2.75, 3.05) is 0 Å². The molecule has 0 unspecified atom stereocenters. The van der Waals surface area contributed by atoms with Crippen LogP contribution < -0.4 is 16.3 Å². The van der Waals surface area contributed by atoms with Gasteiger partial charge in [-0.15, -0.1) is 0 Å². The molecule has 7 heteroatoms. The Morgan fingerprint density at radius 1 is 1.23 bits per heavy atom. The molecule has 0 aliphatic carbocycles. The molecule has 0 saturated carbocycles. The third-order valence-corrected chi connectivity index (χ3v) is 6.89. The van der Waals surface area contributed by atoms with Gasteiger partial charge in [0.15, 0.2) is 5.43 Å². The van der Waals surface area contributed by atoms with Crippen molar-refractivity contribution in [1.82, 2.24) is 9.97 Å². The normalized spacial score (nSPS) is 11.7. The second-order valence-corrected chi connectivity index (χ2v) is 12.8. The molecule has 0 bridgehead atoms. The number of nitrogens with two attached hydrogens (primary N) is 1. The molecule has 0 spiro atoms. The number of fused-ring (bicyclic) bond motifs is 1. The first-order valence-corrected chi connectivity index (χ1v) is 12.1. The smallest absolute Gasteiger partial charge is 0.268 e. The Hall–Kier alpha value is -2.44. The monoisotopic (exact) mass is 385 g/mol. The Morgan fingerprint density at radius 2 is 1.92 bits per heavy atom. The zero-order chi connectivity index (χ0) is 19.2. The van der Waals surface area contributed by atoms with Gasteiger partial charge in [0.2, 0.25) is 0 Å². The molecule has 26 heavy (non-hydrogen) atoms. The standard InChI is InChI=1S/C19H20ClN3O2Si/c1-10-7-16(26(2,3)4)12(20)8-11(10)14-9-15(24)17-13(23-14)5-6-22-18(17)19(21)25/h5-9H,1-4H3,(H2,21,25)(H,23,24). The minimum Gasteiger partial charge on any atom is -0.364 e. The Morgan fingerprint density at radius 3 is 2.54 bits per heavy atom. The predicted molar refractivity (Wildman–Crippen MR) is 109 cm³/mol. The van der Waals surface area contributed by atoms with Crippen molar-refractivity contribution in [3.05, 3.63) is 57.0 Å². The number of H-pyrrole nitrogens is 1. The molecule has 134 valence electrons. The molecular formula is C19H20ClN3O2Si. The Bertz CT molecular complexity index is 1100. The maximum absolute atomic E-state index is 12.6. The van der Waals surface area contributed by atoms with E-state index in [1.165, 1.54) is 17.4 Å². The molecule has 2 heterocycles. The number of amides is 1. The predicted octanol–water partition coefficient (Wildman–Crippen LogP) is 3.20. The van der Waals surface area contributed by atoms with E-state index in [0.717, 1.165) is 11.1 Å². The summed E-state index contributed by atoms with van der Waals surface area (Å²) < 4.78 is 0. The van der Waals surface area contributed by atoms with Gasteiger partial charge in [-0.1, -0.05) is 37.3 Å². The number of aromatic nitrogens is 2. The van der Waals surface area contributed by atoms with E-state index in [9.17, 15) is 9.59 Å². The Balaban J connectivity index is 2.26. The van der Waals surface area contributed by atoms with Gasteiger partial charge in [-0.05, 0) is 29.8 Å². The lowest BCUT2D eigenvalue weighted by Crippen LogP contribution is -2.38. The molecule has 0 radical (unpaired) electrons. The van der Waals surface area contributed by atoms with Crippen molar-refractivity contribution in [2.45, 2.75) is 26.6 Å². The fourth-order valence-corrected chi connectivity index (χ4v) is 5.53. The van der Waals surface area contributed by atoms with Gasteiger partial charge in [-0.2, -0.15) is 0 Å². The summed E-state index contributed by atoms with van der Waals surface area (Å²) in [4.78, 5) is 31.3. The third-order valence-electron chi connectivity index (χ3n) is 4.39. The third kappa shape index (κ3) is 3.18. The van der Waals surface area contributed by atoms with Crippen LogP contribution in [0.3, 0.4) is 0 Å². The van der Waals surface area contributed by atoms with E-state index in [4.69, 9.17) is 17.3 Å². The molecule has 2 aromatic heterocycles. The summed E-state index contributed by atoms with van der Waals surface area (Å²) in [6, 6.07) is 7.12. The number of halogens is 1. The average molecular weight is 386 g/mol. The number of aromatic amines is 1. The molecule has 3 aromatic rings. The second-order valence-electron chi connectivity index (χ2n) is 7.39. The summed E-state index contributed by atoms with van der Waals surface area (Å²) in [6.45, 7) is 8.72. The van der Waals surface area contributed by atoms with Crippen LogP contribution >= 0.6 is 11.6 Å². The first-order valence-electron chi connectivity index (χ1n) is 8.22. The van der Waals surface area contributed by atoms with Gasteiger partial charge >= 0.3 is 0 Å². The van der Waals surface area contributed by atoms with E-state index in [-0.39, 0.29) is 16.5 Å². The number of pyridine rings is 2. The SMILES string of the molecule is Cc1cc([Si](C)(C)C)c(Cl)cc1-c1cc(=O)c2c(C(N)=O)nccc2[nH]1. The molecule has 0 fully saturated rings. The zero-order valence-electron chi connectivity index (χ0n) is 15.1. The van der Waals surface area contributed by atoms with Crippen LogP contribution in [-0.2, 0) is 0 Å². The van der Waals surface area contributed by atoms with E-state index in [1.807, 2.05) is 13.0 Å². The highest BCUT2D eigenvalue weighted by atomic mass is 35.5. The number of hydrogen-bond donors (Lipinski definition) is 2. The van der Waals surface area contributed by atoms with E-state index < -0.39 is 14.0 Å². The Labute approximate surface area is 157 Å². The summed E-state index contributed by atoms with van der Waals surface area (Å²) in [5, 5.41) is 2.09. The number of carbonyl (C=O) groups excluding carboxylic acids is 1. The van der Waals surface area contributed by atoms with Crippen molar-refractivity contribution in [2.24, 2.45) is 5.73 Å². The van der Waals surface area contributed by atoms with Gasteiger partial charge in [0.05, 0.1) is 24.7 Å². The van der Waals surface area contributed by atoms with Crippen LogP contribution in [-0.4, -0.2) is 23.9 Å². The molecule has 0 saturated heterocycles. The fraction of sp³-hybridized carbons (Fsp3) is 0.211. The Kier molecular flexibility index (Phi) is 4.50. The molecule has 1 aromatic carbocycles. The molecule has 3 rings (SSSR count). The maximum atomic E-state index is 12.6. The van der Waals surface area contributed by atoms with E-state index in [1.54, 1.807) is 6.07 Å². The van der Waals surface area contributed by atoms with Crippen LogP contribution in [0.2, 0.25) is 24.7 Å². The van der Waals surface area contributed by atoms with Gasteiger partial charge in [-0.3, -0.25) is 14.6 Å². The van der Waals surface area contributed by atoms with E-state index >= 15 is 0 Å². The van der Waals surface area contributed by atoms with Gasteiger partial charge in [0.1, 0.15) is 5.69 Å². The molecule has 5 nitrogen and oxygen atoms in total. The van der Waals surface area contributed by atoms with Crippen LogP contribution in [0.15, 0.2) is 35.3 Å². The second kappa shape index (κ2) is 6.37. The lowest BCUT2D eigenvalue weighted by molar-refractivity contribution is 0.0997. The van der Waals surface area contributed by atoms with Crippen molar-refractivity contribution in [1.29, 1.82) is 0 Å². The minimum atomic E-state index is -1.57. The number of hydrogen-bond acceptors (Lipinski definition) is 3. The van der Waals surface area contributed by atoms with E-state index in [2.05, 4.69) is 35.7 Å². The number of nitrogens with one attached hydrogen (secondary N) is 1. The molecule has 0 atom stereocenters. The van der Waals surface area contributed by atoms with Crippen molar-refractivity contribution < 1.29 is 4.79 Å². The van der Waals surface area contributed by atoms with Crippen molar-refractivity contribution in [3.8, 4) is 11.3 Å². The highest BCUT2D eigenvalue weighted by molar-refractivity contribution is 6.90. The number of carbonyl (C=O) groups is 1. The molecular weight excluding hydrogens is 366 g/mol. The van der Waals surface area contributed by atoms with E-state index in [0.29, 0.717) is 16.2 Å². The first-order chi connectivity index (χ1) is 12.1. The summed E-state index contributed by atoms with van der Waals surface area (Å²) in [6.07, 6.45) is 1.45. The number of primary amides is 1. The molecule has 0 aliphatic heterocycles. The van der Waals surface area contributed by atoms with Gasteiger partial charge in [0, 0.05) is 22.8 Å². The molecule has 3 N–H and O–H groups in total. The number of aryl methyl sites for hydroxylation is 1. The van der Waals surface area contributed by atoms with Crippen LogP contribution in [0, 0.1) is 6.92 Å². The zero-order valence-corrected chi connectivity index (χ0v) is 16.9. The fourth-order valence-electron chi connectivity index (χ4n) is 3.08. The van der Waals surface area contributed by atoms with Crippen LogP contribution in [0.5, 0.6) is 0 Å². The largest absolute Gasteiger partial charge is 0.364 e. The highest BCUT2D eigenvalue weighted by Gasteiger charge is 2.22. The van der Waals surface area contributed by atoms with Crippen LogP contribution in [0.25, 0.3) is 22.2 Å². The molecule has 1 amide bonds. The summed E-state index contributed by atoms with van der Waals surface area (Å²) in [7, 11) is -1.57. The van der Waals surface area contributed by atoms with Crippen LogP contribution in [0.4, 0.5) is 0 Å². The van der Waals surface area contributed by atoms with Gasteiger partial charge < -0.3 is 10.7 Å². The minimum absolute atomic E-state index is 0.0286. The number of nitrogens with zero attached hydrogens (tertiary/aromatic N) is 1. The first kappa shape index (κ1) is 18.4. The number of benzene rings is 1. The number of rotatable bonds is 3. The topological polar surface area (TPSA) is 88.8 Å². The summed E-state index contributed by atoms with van der Waals surface area (Å²) in [5.74, 6) is -0.729. The van der Waals surface area contributed by atoms with Gasteiger partial charge in [-0.25, -0.2) is 0 Å². The maximum Gasteiger partial charge on any atom is 0.268 e. The highest BCUT2D eigenvalue weighted by Crippen LogP contribution is 2.26. The molecule has 0 aliphatic rings. The summed E-state index contributed by atoms with van der Waals surface area (Å²) >= 11 is 6.53. The summed E-state index contributed by atoms with van der Waals surface area (Å²) in [5.41, 5.74) is 8.05. The van der Waals surface area contributed by atoms with Crippen molar-refractivity contribution >= 4 is 41.7 Å². The lowest BCUT2D eigenvalue weighted by atomic mass is 10.0.